The van der Waals surface area contributed by atoms with E-state index in [4.69, 9.17) is 4.98 Å². The van der Waals surface area contributed by atoms with Crippen LogP contribution in [0.3, 0.4) is 0 Å². The van der Waals surface area contributed by atoms with Crippen molar-refractivity contribution in [2.45, 2.75) is 112 Å². The molecule has 1 heterocycles. The number of benzene rings is 3. The summed E-state index contributed by atoms with van der Waals surface area (Å²) in [5.41, 5.74) is 14.2. The van der Waals surface area contributed by atoms with Gasteiger partial charge in [0, 0.05) is 18.1 Å². The Morgan fingerprint density at radius 2 is 1.37 bits per heavy atom. The predicted octanol–water partition coefficient (Wildman–Crippen LogP) is 10.8. The summed E-state index contributed by atoms with van der Waals surface area (Å²) in [4.78, 5) is 5.58. The molecule has 0 saturated carbocycles. The lowest BCUT2D eigenvalue weighted by molar-refractivity contribution is -0.697. The lowest BCUT2D eigenvalue weighted by Crippen LogP contribution is -2.41. The second-order valence-corrected chi connectivity index (χ2v) is 12.3. The fourth-order valence-electron chi connectivity index (χ4n) is 6.49. The summed E-state index contributed by atoms with van der Waals surface area (Å²) in [7, 11) is 0. The Morgan fingerprint density at radius 3 is 1.91 bits per heavy atom. The van der Waals surface area contributed by atoms with E-state index in [1.807, 2.05) is 0 Å². The summed E-state index contributed by atoms with van der Waals surface area (Å²) < 4.78 is 2.51. The van der Waals surface area contributed by atoms with Gasteiger partial charge >= 0.3 is 0 Å². The number of hydrogen-bond donors (Lipinski definition) is 0. The molecule has 0 bridgehead atoms. The van der Waals surface area contributed by atoms with Gasteiger partial charge < -0.3 is 0 Å². The quantitative estimate of drug-likeness (QED) is 0.122. The van der Waals surface area contributed by atoms with Gasteiger partial charge in [0.1, 0.15) is 11.4 Å². The minimum Gasteiger partial charge on any atom is -0.234 e. The molecule has 0 fully saturated rings. The standard InChI is InChI=1S/C41H53N2/c1-10-20-29(8)43-28-37(34-21-18-17-19-22-34)42-39(35-25-30(11-2)23-31(12-3)26-35)40(43)36-27-32(13-4)24-33(14-5)38(36)41(9,15-6)16-7/h10,17-29H,11-16H2,1-9H3/q+1. The first-order valence-electron chi connectivity index (χ1n) is 16.7. The van der Waals surface area contributed by atoms with Crippen molar-refractivity contribution in [2.24, 2.45) is 0 Å². The Hall–Kier alpha value is -3.52. The highest BCUT2D eigenvalue weighted by Gasteiger charge is 2.35. The largest absolute Gasteiger partial charge is 0.239 e. The Kier molecular flexibility index (Phi) is 10.8. The van der Waals surface area contributed by atoms with Crippen molar-refractivity contribution in [1.29, 1.82) is 0 Å². The van der Waals surface area contributed by atoms with Gasteiger partial charge in [0.2, 0.25) is 5.69 Å². The van der Waals surface area contributed by atoms with Crippen LogP contribution in [0.25, 0.3) is 33.8 Å². The molecule has 3 aromatic carbocycles. The Balaban J connectivity index is 2.28. The molecule has 0 amide bonds. The number of hydrogen-bond acceptors (Lipinski definition) is 1. The molecule has 0 aliphatic heterocycles. The maximum absolute atomic E-state index is 5.58. The van der Waals surface area contributed by atoms with Crippen LogP contribution in [-0.2, 0) is 31.1 Å². The SMILES string of the molecule is CC=CC(C)[n+]1cc(-c2ccccc2)nc(-c2cc(CC)cc(CC)c2)c1-c1cc(CC)cc(CC)c1C(C)(CC)CC. The maximum atomic E-state index is 5.58. The minimum atomic E-state index is 0.0594. The molecule has 1 unspecified atom stereocenters. The third-order valence-electron chi connectivity index (χ3n) is 9.59. The molecule has 0 aliphatic rings. The van der Waals surface area contributed by atoms with Gasteiger partial charge in [-0.2, -0.15) is 4.57 Å². The van der Waals surface area contributed by atoms with Gasteiger partial charge in [0.25, 0.3) is 0 Å². The molecule has 1 aromatic heterocycles. The fourth-order valence-corrected chi connectivity index (χ4v) is 6.49. The molecule has 2 heteroatoms. The lowest BCUT2D eigenvalue weighted by Gasteiger charge is -2.33. The summed E-state index contributed by atoms with van der Waals surface area (Å²) in [5, 5.41) is 0. The van der Waals surface area contributed by atoms with Gasteiger partial charge in [-0.15, -0.1) is 0 Å². The lowest BCUT2D eigenvalue weighted by atomic mass is 9.71. The van der Waals surface area contributed by atoms with Crippen LogP contribution in [0.15, 0.2) is 79.0 Å². The highest BCUT2D eigenvalue weighted by molar-refractivity contribution is 5.81. The number of aryl methyl sites for hydroxylation is 4. The van der Waals surface area contributed by atoms with Crippen molar-refractivity contribution in [3.05, 3.63) is 107 Å². The first-order valence-corrected chi connectivity index (χ1v) is 16.7. The Labute approximate surface area is 261 Å². The van der Waals surface area contributed by atoms with Crippen LogP contribution in [0.5, 0.6) is 0 Å². The molecule has 0 N–H and O–H groups in total. The highest BCUT2D eigenvalue weighted by atomic mass is 15.0. The summed E-state index contributed by atoms with van der Waals surface area (Å²) in [6, 6.07) is 22.9. The first-order chi connectivity index (χ1) is 20.8. The van der Waals surface area contributed by atoms with Crippen LogP contribution in [-0.4, -0.2) is 4.98 Å². The molecule has 43 heavy (non-hydrogen) atoms. The van der Waals surface area contributed by atoms with Gasteiger partial charge in [-0.05, 0) is 103 Å². The molecule has 226 valence electrons. The third kappa shape index (κ3) is 6.69. The van der Waals surface area contributed by atoms with Crippen LogP contribution in [0.1, 0.15) is 109 Å². The monoisotopic (exact) mass is 573 g/mol. The first kappa shape index (κ1) is 32.4. The molecule has 0 radical (unpaired) electrons. The van der Waals surface area contributed by atoms with Crippen LogP contribution in [0.2, 0.25) is 0 Å². The van der Waals surface area contributed by atoms with E-state index in [1.165, 1.54) is 44.6 Å². The average Bonchev–Trinajstić information content (AvgIpc) is 3.06. The molecule has 0 spiro atoms. The van der Waals surface area contributed by atoms with Crippen molar-refractivity contribution in [1.82, 2.24) is 4.98 Å². The van der Waals surface area contributed by atoms with Gasteiger partial charge in [-0.25, -0.2) is 4.98 Å². The molecule has 4 aromatic rings. The molecular weight excluding hydrogens is 520 g/mol. The van der Waals surface area contributed by atoms with Crippen LogP contribution in [0, 0.1) is 0 Å². The highest BCUT2D eigenvalue weighted by Crippen LogP contribution is 2.43. The van der Waals surface area contributed by atoms with Gasteiger partial charge in [-0.1, -0.05) is 97.0 Å². The maximum Gasteiger partial charge on any atom is 0.239 e. The number of allylic oxidation sites excluding steroid dienone is 2. The van der Waals surface area contributed by atoms with Gasteiger partial charge in [0.15, 0.2) is 12.2 Å². The van der Waals surface area contributed by atoms with E-state index in [-0.39, 0.29) is 11.5 Å². The Bertz CT molecular complexity index is 1530. The molecule has 0 aliphatic carbocycles. The second-order valence-electron chi connectivity index (χ2n) is 12.3. The molecular formula is C41H53N2+. The number of nitrogens with zero attached hydrogens (tertiary/aromatic N) is 2. The zero-order valence-electron chi connectivity index (χ0n) is 28.2. The van der Waals surface area contributed by atoms with Crippen molar-refractivity contribution in [3.63, 3.8) is 0 Å². The van der Waals surface area contributed by atoms with E-state index in [2.05, 4.69) is 146 Å². The van der Waals surface area contributed by atoms with Crippen LogP contribution < -0.4 is 4.57 Å². The normalized spacial score (nSPS) is 12.7. The van der Waals surface area contributed by atoms with E-state index >= 15 is 0 Å². The van der Waals surface area contributed by atoms with E-state index in [0.29, 0.717) is 0 Å². The van der Waals surface area contributed by atoms with Crippen molar-refractivity contribution < 1.29 is 4.57 Å². The molecule has 4 rings (SSSR count). The predicted molar refractivity (Wildman–Crippen MR) is 186 cm³/mol. The number of aromatic nitrogens is 2. The molecule has 0 saturated heterocycles. The summed E-state index contributed by atoms with van der Waals surface area (Å²) in [6.45, 7) is 20.7. The smallest absolute Gasteiger partial charge is 0.234 e. The van der Waals surface area contributed by atoms with E-state index in [1.54, 1.807) is 0 Å². The van der Waals surface area contributed by atoms with Crippen LogP contribution >= 0.6 is 0 Å². The summed E-state index contributed by atoms with van der Waals surface area (Å²) >= 11 is 0. The zero-order valence-corrected chi connectivity index (χ0v) is 28.2. The summed E-state index contributed by atoms with van der Waals surface area (Å²) in [6.07, 6.45) is 13.0. The average molecular weight is 574 g/mol. The third-order valence-corrected chi connectivity index (χ3v) is 9.59. The Morgan fingerprint density at radius 1 is 0.767 bits per heavy atom. The fraction of sp³-hybridized carbons (Fsp3) is 0.415. The summed E-state index contributed by atoms with van der Waals surface area (Å²) in [5.74, 6) is 0. The van der Waals surface area contributed by atoms with Crippen molar-refractivity contribution >= 4 is 0 Å². The van der Waals surface area contributed by atoms with E-state index < -0.39 is 0 Å². The van der Waals surface area contributed by atoms with E-state index in [0.717, 1.165) is 55.5 Å². The molecule has 2 nitrogen and oxygen atoms in total. The minimum absolute atomic E-state index is 0.0594. The van der Waals surface area contributed by atoms with E-state index in [9.17, 15) is 0 Å². The van der Waals surface area contributed by atoms with Gasteiger partial charge in [0.05, 0.1) is 5.56 Å². The topological polar surface area (TPSA) is 16.8 Å². The van der Waals surface area contributed by atoms with Gasteiger partial charge in [-0.3, -0.25) is 0 Å². The van der Waals surface area contributed by atoms with Crippen LogP contribution in [0.4, 0.5) is 0 Å². The number of rotatable bonds is 12. The van der Waals surface area contributed by atoms with Crippen molar-refractivity contribution in [3.8, 4) is 33.8 Å². The second kappa shape index (κ2) is 14.3. The zero-order chi connectivity index (χ0) is 31.1. The molecule has 1 atom stereocenters. The van der Waals surface area contributed by atoms with Crippen molar-refractivity contribution in [2.75, 3.05) is 0 Å².